The van der Waals surface area contributed by atoms with Crippen LogP contribution in [0.5, 0.6) is 0 Å². The fourth-order valence-corrected chi connectivity index (χ4v) is 2.52. The van der Waals surface area contributed by atoms with Gasteiger partial charge in [-0.2, -0.15) is 0 Å². The molecule has 1 aromatic carbocycles. The van der Waals surface area contributed by atoms with E-state index >= 15 is 0 Å². The number of urea groups is 1. The Balaban J connectivity index is 0.00000312. The molecule has 3 amide bonds. The molecule has 1 unspecified atom stereocenters. The van der Waals surface area contributed by atoms with Crippen LogP contribution in [-0.4, -0.2) is 59.2 Å². The Kier molecular flexibility index (Phi) is 6.52. The van der Waals surface area contributed by atoms with Gasteiger partial charge in [-0.25, -0.2) is 4.79 Å². The molecule has 9 heteroatoms. The summed E-state index contributed by atoms with van der Waals surface area (Å²) >= 11 is 0. The Morgan fingerprint density at radius 1 is 1.32 bits per heavy atom. The molecule has 8 nitrogen and oxygen atoms in total. The quantitative estimate of drug-likeness (QED) is 0.467. The fraction of sp³-hybridized carbons (Fsp3) is 0.375. The van der Waals surface area contributed by atoms with E-state index in [1.807, 2.05) is 6.92 Å². The number of imide groups is 1. The van der Waals surface area contributed by atoms with Crippen LogP contribution in [0.25, 0.3) is 0 Å². The second-order valence-electron chi connectivity index (χ2n) is 5.47. The number of halogens is 1. The molecule has 1 atom stereocenters. The van der Waals surface area contributed by atoms with E-state index < -0.39 is 30.0 Å². The molecule has 0 aromatic heterocycles. The summed E-state index contributed by atoms with van der Waals surface area (Å²) < 4.78 is 0. The van der Waals surface area contributed by atoms with Gasteiger partial charge in [0, 0.05) is 7.05 Å². The number of benzene rings is 1. The van der Waals surface area contributed by atoms with Crippen LogP contribution in [0.3, 0.4) is 0 Å². The Labute approximate surface area is 151 Å². The maximum atomic E-state index is 12.6. The van der Waals surface area contributed by atoms with Crippen LogP contribution in [-0.2, 0) is 20.0 Å². The number of nitrogens with zero attached hydrogens (tertiary/aromatic N) is 3. The minimum Gasteiger partial charge on any atom is -0.480 e. The maximum absolute atomic E-state index is 12.6. The first kappa shape index (κ1) is 20.4. The zero-order valence-corrected chi connectivity index (χ0v) is 14.9. The number of hydrogen-bond donors (Lipinski definition) is 1. The molecule has 1 heterocycles. The predicted octanol–water partition coefficient (Wildman–Crippen LogP) is 1.67. The predicted molar refractivity (Wildman–Crippen MR) is 92.8 cm³/mol. The number of carboxylic acids is 1. The molecule has 136 valence electrons. The second-order valence-corrected chi connectivity index (χ2v) is 5.47. The first-order chi connectivity index (χ1) is 11.3. The van der Waals surface area contributed by atoms with E-state index in [2.05, 4.69) is 5.16 Å². The Bertz CT molecular complexity index is 692. The van der Waals surface area contributed by atoms with Gasteiger partial charge in [0.2, 0.25) is 0 Å². The highest BCUT2D eigenvalue weighted by Gasteiger charge is 2.53. The van der Waals surface area contributed by atoms with Crippen molar-refractivity contribution in [3.63, 3.8) is 0 Å². The van der Waals surface area contributed by atoms with Gasteiger partial charge in [0.25, 0.3) is 5.91 Å². The van der Waals surface area contributed by atoms with Gasteiger partial charge in [0.15, 0.2) is 0 Å². The van der Waals surface area contributed by atoms with Crippen LogP contribution in [0.15, 0.2) is 29.4 Å². The van der Waals surface area contributed by atoms with E-state index in [1.165, 1.54) is 18.2 Å². The van der Waals surface area contributed by atoms with Crippen LogP contribution in [0.1, 0.15) is 25.0 Å². The summed E-state index contributed by atoms with van der Waals surface area (Å²) in [5.41, 5.74) is 0.115. The highest BCUT2D eigenvalue weighted by Crippen LogP contribution is 2.35. The minimum absolute atomic E-state index is 0. The molecular weight excluding hydrogens is 350 g/mol. The van der Waals surface area contributed by atoms with Crippen molar-refractivity contribution < 1.29 is 24.3 Å². The number of carboxylic acid groups (broad SMARTS) is 1. The van der Waals surface area contributed by atoms with Gasteiger partial charge in [-0.1, -0.05) is 29.4 Å². The third kappa shape index (κ3) is 3.74. The second kappa shape index (κ2) is 7.98. The van der Waals surface area contributed by atoms with E-state index in [0.717, 1.165) is 10.5 Å². The molecule has 2 rings (SSSR count). The zero-order valence-electron chi connectivity index (χ0n) is 14.1. The van der Waals surface area contributed by atoms with E-state index in [-0.39, 0.29) is 12.4 Å². The first-order valence-corrected chi connectivity index (χ1v) is 7.39. The third-order valence-electron chi connectivity index (χ3n) is 4.02. The summed E-state index contributed by atoms with van der Waals surface area (Å²) in [6, 6.07) is 6.27. The number of rotatable bonds is 6. The van der Waals surface area contributed by atoms with E-state index in [9.17, 15) is 14.4 Å². The molecule has 0 radical (unpaired) electrons. The van der Waals surface area contributed by atoms with Crippen molar-refractivity contribution in [2.75, 3.05) is 20.2 Å². The number of oxime groups is 1. The van der Waals surface area contributed by atoms with Crippen molar-refractivity contribution in [1.82, 2.24) is 9.80 Å². The molecule has 0 bridgehead atoms. The Hall–Kier alpha value is -2.61. The molecule has 25 heavy (non-hydrogen) atoms. The summed E-state index contributed by atoms with van der Waals surface area (Å²) in [4.78, 5) is 42.6. The SMILES string of the molecule is CCON=Cc1ccc(C2(C)C(=O)N(CC(=O)O)C(=O)N2C)cc1.Cl. The van der Waals surface area contributed by atoms with Crippen molar-refractivity contribution in [3.8, 4) is 0 Å². The summed E-state index contributed by atoms with van der Waals surface area (Å²) in [6.45, 7) is 3.23. The van der Waals surface area contributed by atoms with Crippen molar-refractivity contribution in [3.05, 3.63) is 35.4 Å². The van der Waals surface area contributed by atoms with Gasteiger partial charge in [-0.3, -0.25) is 14.5 Å². The molecule has 0 saturated carbocycles. The molecule has 1 aliphatic rings. The topological polar surface area (TPSA) is 99.5 Å². The normalized spacial score (nSPS) is 20.1. The molecule has 0 aliphatic carbocycles. The minimum atomic E-state index is -1.25. The average Bonchev–Trinajstić information content (AvgIpc) is 2.72. The Morgan fingerprint density at radius 2 is 1.92 bits per heavy atom. The third-order valence-corrected chi connectivity index (χ3v) is 4.02. The summed E-state index contributed by atoms with van der Waals surface area (Å²) in [7, 11) is 1.48. The molecule has 1 N–H and O–H groups in total. The van der Waals surface area contributed by atoms with Crippen molar-refractivity contribution in [1.29, 1.82) is 0 Å². The smallest absolute Gasteiger partial charge is 0.328 e. The largest absolute Gasteiger partial charge is 0.480 e. The molecule has 0 spiro atoms. The molecular formula is C16H20ClN3O5. The van der Waals surface area contributed by atoms with Crippen LogP contribution in [0.4, 0.5) is 4.79 Å². The Morgan fingerprint density at radius 3 is 2.44 bits per heavy atom. The molecule has 1 aliphatic heterocycles. The molecule has 1 aromatic rings. The maximum Gasteiger partial charge on any atom is 0.328 e. The number of likely N-dealkylation sites (N-methyl/N-ethyl adjacent to an activating group) is 1. The van der Waals surface area contributed by atoms with Crippen molar-refractivity contribution in [2.24, 2.45) is 5.16 Å². The standard InChI is InChI=1S/C16H19N3O5.ClH/c1-4-24-17-9-11-5-7-12(8-6-11)16(2)14(22)19(10-13(20)21)15(23)18(16)3;/h5-9H,4,10H2,1-3H3,(H,20,21);1H. The molecule has 1 saturated heterocycles. The number of amides is 3. The van der Waals surface area contributed by atoms with E-state index in [4.69, 9.17) is 9.94 Å². The lowest BCUT2D eigenvalue weighted by Gasteiger charge is -2.29. The lowest BCUT2D eigenvalue weighted by molar-refractivity contribution is -0.143. The first-order valence-electron chi connectivity index (χ1n) is 7.39. The van der Waals surface area contributed by atoms with Crippen LogP contribution in [0.2, 0.25) is 0 Å². The van der Waals surface area contributed by atoms with Gasteiger partial charge < -0.3 is 14.8 Å². The number of hydrogen-bond acceptors (Lipinski definition) is 5. The highest BCUT2D eigenvalue weighted by molar-refractivity contribution is 6.08. The number of carbonyl (C=O) groups excluding carboxylic acids is 2. The van der Waals surface area contributed by atoms with Gasteiger partial charge in [-0.15, -0.1) is 12.4 Å². The zero-order chi connectivity index (χ0) is 17.9. The van der Waals surface area contributed by atoms with E-state index in [0.29, 0.717) is 12.2 Å². The van der Waals surface area contributed by atoms with Gasteiger partial charge in [-0.05, 0) is 25.0 Å². The number of carbonyl (C=O) groups is 3. The fourth-order valence-electron chi connectivity index (χ4n) is 2.52. The average molecular weight is 370 g/mol. The number of aliphatic carboxylic acids is 1. The van der Waals surface area contributed by atoms with Gasteiger partial charge in [0.1, 0.15) is 18.7 Å². The van der Waals surface area contributed by atoms with Gasteiger partial charge in [0.05, 0.1) is 6.21 Å². The van der Waals surface area contributed by atoms with Crippen LogP contribution in [0, 0.1) is 0 Å². The summed E-state index contributed by atoms with van der Waals surface area (Å²) in [5, 5.41) is 12.6. The summed E-state index contributed by atoms with van der Waals surface area (Å²) in [5.74, 6) is -1.80. The van der Waals surface area contributed by atoms with Crippen LogP contribution < -0.4 is 0 Å². The van der Waals surface area contributed by atoms with Crippen molar-refractivity contribution >= 4 is 36.5 Å². The lowest BCUT2D eigenvalue weighted by atomic mass is 9.90. The van der Waals surface area contributed by atoms with Gasteiger partial charge >= 0.3 is 12.0 Å². The van der Waals surface area contributed by atoms with E-state index in [1.54, 1.807) is 31.2 Å². The molecule has 1 fully saturated rings. The monoisotopic (exact) mass is 369 g/mol. The highest BCUT2D eigenvalue weighted by atomic mass is 35.5. The lowest BCUT2D eigenvalue weighted by Crippen LogP contribution is -2.42. The van der Waals surface area contributed by atoms with Crippen LogP contribution >= 0.6 is 12.4 Å². The van der Waals surface area contributed by atoms with Crippen molar-refractivity contribution in [2.45, 2.75) is 19.4 Å². The summed E-state index contributed by atoms with van der Waals surface area (Å²) in [6.07, 6.45) is 1.54.